The van der Waals surface area contributed by atoms with Gasteiger partial charge in [0.25, 0.3) is 5.91 Å². The van der Waals surface area contributed by atoms with Gasteiger partial charge in [0.05, 0.1) is 24.6 Å². The first-order valence-electron chi connectivity index (χ1n) is 15.0. The van der Waals surface area contributed by atoms with E-state index in [2.05, 4.69) is 32.2 Å². The van der Waals surface area contributed by atoms with Gasteiger partial charge in [0.2, 0.25) is 5.82 Å². The van der Waals surface area contributed by atoms with Crippen LogP contribution in [0.3, 0.4) is 0 Å². The molecule has 0 saturated carbocycles. The highest BCUT2D eigenvalue weighted by Gasteiger charge is 2.46. The van der Waals surface area contributed by atoms with Gasteiger partial charge < -0.3 is 9.64 Å². The average Bonchev–Trinajstić information content (AvgIpc) is 3.75. The molecule has 3 aliphatic rings. The van der Waals surface area contributed by atoms with Crippen LogP contribution in [0.1, 0.15) is 74.6 Å². The lowest BCUT2D eigenvalue weighted by Crippen LogP contribution is -2.47. The zero-order valence-corrected chi connectivity index (χ0v) is 24.8. The number of nitrogens with one attached hydrogen (secondary N) is 2. The summed E-state index contributed by atoms with van der Waals surface area (Å²) in [4.78, 5) is 37.0. The molecule has 3 aliphatic heterocycles. The number of pyridine rings is 1. The molecule has 1 amide bonds. The van der Waals surface area contributed by atoms with Gasteiger partial charge in [-0.1, -0.05) is 12.5 Å². The lowest BCUT2D eigenvalue weighted by atomic mass is 9.77. The Balaban J connectivity index is 1.25. The van der Waals surface area contributed by atoms with Crippen LogP contribution in [-0.4, -0.2) is 71.6 Å². The van der Waals surface area contributed by atoms with Crippen LogP contribution in [0.5, 0.6) is 5.75 Å². The summed E-state index contributed by atoms with van der Waals surface area (Å²) in [6, 6.07) is 4.69. The van der Waals surface area contributed by atoms with E-state index in [0.29, 0.717) is 28.6 Å². The molecule has 2 fully saturated rings. The fourth-order valence-electron chi connectivity index (χ4n) is 7.63. The SMILES string of the molecule is COc1cc(F)cc2cc(-c3cnn4c3C(C)CC/C(C3CC5CCC(C3)N5C(=O)c3ncn[nH]3)=C(/C(C)=O)C4=N)cnc12. The third kappa shape index (κ3) is 4.51. The molecule has 2 bridgehead atoms. The number of Topliss-reactive ketones (excluding diaryl/α,β-unsaturated/α-hetero) is 1. The van der Waals surface area contributed by atoms with Crippen molar-refractivity contribution in [2.24, 2.45) is 5.92 Å². The summed E-state index contributed by atoms with van der Waals surface area (Å²) in [5.74, 6) is 0.0587. The zero-order valence-electron chi connectivity index (χ0n) is 24.8. The number of H-pyrrole nitrogens is 1. The lowest BCUT2D eigenvalue weighted by molar-refractivity contribution is -0.113. The molecule has 3 unspecified atom stereocenters. The molecule has 6 heterocycles. The van der Waals surface area contributed by atoms with Crippen molar-refractivity contribution < 1.29 is 18.7 Å². The fraction of sp³-hybridized carbons (Fsp3) is 0.406. The first-order chi connectivity index (χ1) is 21.2. The zero-order chi connectivity index (χ0) is 30.7. The molecule has 3 atom stereocenters. The van der Waals surface area contributed by atoms with E-state index in [9.17, 15) is 19.4 Å². The summed E-state index contributed by atoms with van der Waals surface area (Å²) in [5.41, 5.74) is 4.34. The predicted molar refractivity (Wildman–Crippen MR) is 160 cm³/mol. The van der Waals surface area contributed by atoms with Crippen LogP contribution >= 0.6 is 0 Å². The number of carbonyl (C=O) groups is 2. The number of rotatable bonds is 5. The van der Waals surface area contributed by atoms with Crippen LogP contribution in [0.4, 0.5) is 4.39 Å². The summed E-state index contributed by atoms with van der Waals surface area (Å²) < 4.78 is 21.2. The number of nitrogens with zero attached hydrogens (tertiary/aromatic N) is 6. The van der Waals surface area contributed by atoms with Gasteiger partial charge in [0.1, 0.15) is 23.4 Å². The number of aromatic nitrogens is 6. The summed E-state index contributed by atoms with van der Waals surface area (Å²) in [7, 11) is 1.48. The van der Waals surface area contributed by atoms with Crippen LogP contribution in [0.2, 0.25) is 0 Å². The summed E-state index contributed by atoms with van der Waals surface area (Å²) in [6.45, 7) is 3.63. The van der Waals surface area contributed by atoms with Crippen molar-refractivity contribution in [3.05, 3.63) is 65.4 Å². The Hall–Kier alpha value is -4.74. The first-order valence-corrected chi connectivity index (χ1v) is 15.0. The van der Waals surface area contributed by atoms with Crippen molar-refractivity contribution in [1.29, 1.82) is 5.41 Å². The highest BCUT2D eigenvalue weighted by atomic mass is 19.1. The molecular weight excluding hydrogens is 563 g/mol. The number of halogens is 1. The van der Waals surface area contributed by atoms with Crippen LogP contribution in [0.25, 0.3) is 22.0 Å². The van der Waals surface area contributed by atoms with Gasteiger partial charge in [-0.2, -0.15) is 10.2 Å². The van der Waals surface area contributed by atoms with Gasteiger partial charge in [-0.05, 0) is 69.4 Å². The highest BCUT2D eigenvalue weighted by Crippen LogP contribution is 2.46. The Morgan fingerprint density at radius 3 is 2.55 bits per heavy atom. The monoisotopic (exact) mass is 596 g/mol. The van der Waals surface area contributed by atoms with E-state index in [-0.39, 0.29) is 47.3 Å². The van der Waals surface area contributed by atoms with E-state index >= 15 is 0 Å². The third-order valence-electron chi connectivity index (χ3n) is 9.56. The van der Waals surface area contributed by atoms with E-state index in [1.165, 1.54) is 32.5 Å². The predicted octanol–water partition coefficient (Wildman–Crippen LogP) is 5.06. The maximum absolute atomic E-state index is 14.3. The minimum absolute atomic E-state index is 0.0129. The molecule has 7 rings (SSSR count). The molecule has 0 radical (unpaired) electrons. The second-order valence-corrected chi connectivity index (χ2v) is 12.1. The molecule has 2 N–H and O–H groups in total. The number of aromatic amines is 1. The van der Waals surface area contributed by atoms with Gasteiger partial charge in [0.15, 0.2) is 11.6 Å². The van der Waals surface area contributed by atoms with Crippen molar-refractivity contribution in [1.82, 2.24) is 34.8 Å². The fourth-order valence-corrected chi connectivity index (χ4v) is 7.63. The van der Waals surface area contributed by atoms with Crippen LogP contribution in [0, 0.1) is 17.1 Å². The Kier molecular flexibility index (Phi) is 6.86. The molecule has 0 spiro atoms. The van der Waals surface area contributed by atoms with E-state index in [4.69, 9.17) is 4.74 Å². The quantitative estimate of drug-likeness (QED) is 0.328. The molecule has 4 aromatic rings. The van der Waals surface area contributed by atoms with E-state index in [0.717, 1.165) is 54.5 Å². The van der Waals surface area contributed by atoms with Gasteiger partial charge in [-0.15, -0.1) is 0 Å². The number of amides is 1. The van der Waals surface area contributed by atoms with Gasteiger partial charge in [-0.3, -0.25) is 25.1 Å². The van der Waals surface area contributed by atoms with E-state index in [1.807, 2.05) is 11.0 Å². The Labute approximate surface area is 253 Å². The summed E-state index contributed by atoms with van der Waals surface area (Å²) in [6.07, 6.45) is 9.47. The van der Waals surface area contributed by atoms with Crippen molar-refractivity contribution in [3.63, 3.8) is 0 Å². The average molecular weight is 597 g/mol. The highest BCUT2D eigenvalue weighted by molar-refractivity contribution is 6.21. The van der Waals surface area contributed by atoms with E-state index in [1.54, 1.807) is 17.1 Å². The number of carbonyl (C=O) groups excluding carboxylic acids is 2. The van der Waals surface area contributed by atoms with E-state index < -0.39 is 5.82 Å². The Morgan fingerprint density at radius 1 is 1.09 bits per heavy atom. The smallest absolute Gasteiger partial charge is 0.291 e. The molecule has 226 valence electrons. The third-order valence-corrected chi connectivity index (χ3v) is 9.56. The molecule has 0 aliphatic carbocycles. The van der Waals surface area contributed by atoms with Crippen LogP contribution in [0.15, 0.2) is 48.1 Å². The normalized spacial score (nSPS) is 25.1. The number of benzene rings is 1. The van der Waals surface area contributed by atoms with Crippen molar-refractivity contribution in [2.45, 2.75) is 70.4 Å². The Bertz CT molecular complexity index is 1830. The minimum Gasteiger partial charge on any atom is -0.494 e. The molecule has 44 heavy (non-hydrogen) atoms. The van der Waals surface area contributed by atoms with Crippen molar-refractivity contribution in [2.75, 3.05) is 7.11 Å². The molecule has 11 nitrogen and oxygen atoms in total. The number of methoxy groups -OCH3 is 1. The number of allylic oxidation sites excluding steroid dienone is 2. The molecular formula is C32H33FN8O3. The van der Waals surface area contributed by atoms with Crippen molar-refractivity contribution in [3.8, 4) is 16.9 Å². The maximum Gasteiger partial charge on any atom is 0.291 e. The maximum atomic E-state index is 14.3. The molecule has 12 heteroatoms. The first kappa shape index (κ1) is 28.1. The van der Waals surface area contributed by atoms with Crippen LogP contribution < -0.4 is 4.74 Å². The number of ketones is 1. The van der Waals surface area contributed by atoms with Gasteiger partial charge in [0, 0.05) is 40.9 Å². The topological polar surface area (TPSA) is 143 Å². The minimum atomic E-state index is -0.417. The van der Waals surface area contributed by atoms with Gasteiger partial charge >= 0.3 is 0 Å². The lowest BCUT2D eigenvalue weighted by Gasteiger charge is -2.40. The number of hydrogen-bond donors (Lipinski definition) is 2. The largest absolute Gasteiger partial charge is 0.494 e. The van der Waals surface area contributed by atoms with Crippen molar-refractivity contribution >= 4 is 28.4 Å². The molecule has 3 aromatic heterocycles. The Morgan fingerprint density at radius 2 is 1.86 bits per heavy atom. The second kappa shape index (κ2) is 10.8. The number of fused-ring (bicyclic) bond motifs is 4. The second-order valence-electron chi connectivity index (χ2n) is 12.1. The van der Waals surface area contributed by atoms with Gasteiger partial charge in [-0.25, -0.2) is 14.1 Å². The standard InChI is InChI=1S/C32H33FN8O3/c1-16-4-7-24(18-10-22-5-6-23(11-18)40(22)32(43)31-36-15-37-39-31)27(17(2)42)30(34)41-29(16)25(14-38-41)20-8-19-9-21(33)12-26(44-3)28(19)35-13-20/h8-9,12-16,18,22-23,34H,4-7,10-11H2,1-3H3,(H,36,37,39)/b27-24+,34-30?. The number of hydrogen-bond acceptors (Lipinski definition) is 8. The molecule has 1 aromatic carbocycles. The molecule has 2 saturated heterocycles. The van der Waals surface area contributed by atoms with Crippen LogP contribution in [-0.2, 0) is 4.79 Å². The number of ether oxygens (including phenoxy) is 1. The summed E-state index contributed by atoms with van der Waals surface area (Å²) >= 11 is 0. The summed E-state index contributed by atoms with van der Waals surface area (Å²) in [5, 5.41) is 21.1. The number of piperidine rings is 1.